The van der Waals surface area contributed by atoms with Gasteiger partial charge in [-0.15, -0.1) is 11.3 Å². The van der Waals surface area contributed by atoms with E-state index < -0.39 is 16.0 Å². The second kappa shape index (κ2) is 9.90. The Morgan fingerprint density at radius 1 is 1.13 bits per heavy atom. The van der Waals surface area contributed by atoms with Gasteiger partial charge in [0, 0.05) is 31.1 Å². The summed E-state index contributed by atoms with van der Waals surface area (Å²) in [6.07, 6.45) is 0.752. The first-order valence-electron chi connectivity index (χ1n) is 10.0. The van der Waals surface area contributed by atoms with E-state index in [0.717, 1.165) is 16.9 Å². The number of methoxy groups -OCH3 is 1. The Balaban J connectivity index is 1.58. The minimum Gasteiger partial charge on any atom is -0.465 e. The normalized spacial score (nSPS) is 15.6. The Morgan fingerprint density at radius 2 is 1.77 bits per heavy atom. The van der Waals surface area contributed by atoms with E-state index in [2.05, 4.69) is 5.32 Å². The predicted molar refractivity (Wildman–Crippen MR) is 120 cm³/mol. The number of piperazine rings is 1. The number of ether oxygens (including phenoxy) is 1. The number of carbonyl (C=O) groups is 2. The largest absolute Gasteiger partial charge is 0.465 e. The monoisotopic (exact) mass is 465 g/mol. The molecule has 1 fully saturated rings. The molecule has 0 atom stereocenters. The molecule has 2 aromatic rings. The molecule has 0 radical (unpaired) electrons. The maximum atomic E-state index is 12.8. The Kier molecular flexibility index (Phi) is 7.47. The first-order valence-corrected chi connectivity index (χ1v) is 12.3. The van der Waals surface area contributed by atoms with Crippen LogP contribution in [0.25, 0.3) is 0 Å². The van der Waals surface area contributed by atoms with Crippen LogP contribution in [-0.2, 0) is 26.0 Å². The molecule has 0 spiro atoms. The van der Waals surface area contributed by atoms with Crippen LogP contribution in [0.4, 0.5) is 5.00 Å². The van der Waals surface area contributed by atoms with Gasteiger partial charge >= 0.3 is 5.97 Å². The molecule has 3 rings (SSSR count). The number of amides is 1. The maximum Gasteiger partial charge on any atom is 0.340 e. The Hall–Kier alpha value is -2.27. The number of hydrogen-bond acceptors (Lipinski definition) is 7. The number of esters is 1. The molecule has 1 aliphatic heterocycles. The highest BCUT2D eigenvalue weighted by Gasteiger charge is 2.29. The first kappa shape index (κ1) is 23.4. The molecule has 10 heteroatoms. The fourth-order valence-electron chi connectivity index (χ4n) is 3.33. The molecule has 1 saturated heterocycles. The highest BCUT2D eigenvalue weighted by Crippen LogP contribution is 2.29. The summed E-state index contributed by atoms with van der Waals surface area (Å²) in [5.74, 6) is -0.731. The highest BCUT2D eigenvalue weighted by molar-refractivity contribution is 7.89. The first-order chi connectivity index (χ1) is 14.7. The molecule has 0 aliphatic carbocycles. The number of aryl methyl sites for hydroxylation is 2. The van der Waals surface area contributed by atoms with Gasteiger partial charge in [-0.25, -0.2) is 13.2 Å². The number of nitrogens with zero attached hydrogens (tertiary/aromatic N) is 2. The zero-order valence-corrected chi connectivity index (χ0v) is 19.5. The maximum absolute atomic E-state index is 12.8. The standard InChI is InChI=1S/C21H27N3O5S2/c1-4-16-13-18(21(26)29-3)20(30-16)22-19(25)14-23-9-11-24(12-10-23)31(27,28)17-7-5-15(2)6-8-17/h5-8,13H,4,9-12,14H2,1-3H3,(H,22,25). The average Bonchev–Trinajstić information content (AvgIpc) is 3.16. The topological polar surface area (TPSA) is 96.0 Å². The lowest BCUT2D eigenvalue weighted by atomic mass is 10.2. The van der Waals surface area contributed by atoms with Gasteiger partial charge in [0.25, 0.3) is 0 Å². The lowest BCUT2D eigenvalue weighted by Crippen LogP contribution is -2.50. The third kappa shape index (κ3) is 5.51. The van der Waals surface area contributed by atoms with Crippen molar-refractivity contribution in [2.45, 2.75) is 25.2 Å². The van der Waals surface area contributed by atoms with Gasteiger partial charge in [-0.2, -0.15) is 4.31 Å². The SMILES string of the molecule is CCc1cc(C(=O)OC)c(NC(=O)CN2CCN(S(=O)(=O)c3ccc(C)cc3)CC2)s1. The number of sulfonamides is 1. The van der Waals surface area contributed by atoms with Crippen molar-refractivity contribution in [1.29, 1.82) is 0 Å². The summed E-state index contributed by atoms with van der Waals surface area (Å²) in [7, 11) is -2.23. The van der Waals surface area contributed by atoms with Crippen molar-refractivity contribution in [3.8, 4) is 0 Å². The molecule has 0 bridgehead atoms. The van der Waals surface area contributed by atoms with Crippen molar-refractivity contribution in [3.63, 3.8) is 0 Å². The number of thiophene rings is 1. The lowest BCUT2D eigenvalue weighted by Gasteiger charge is -2.33. The molecule has 1 aliphatic rings. The molecular formula is C21H27N3O5S2. The number of hydrogen-bond donors (Lipinski definition) is 1. The molecule has 0 saturated carbocycles. The third-order valence-electron chi connectivity index (χ3n) is 5.15. The van der Waals surface area contributed by atoms with Crippen molar-refractivity contribution in [2.24, 2.45) is 0 Å². The van der Waals surface area contributed by atoms with E-state index in [1.165, 1.54) is 22.8 Å². The summed E-state index contributed by atoms with van der Waals surface area (Å²) in [6.45, 7) is 5.54. The van der Waals surface area contributed by atoms with Crippen molar-refractivity contribution < 1.29 is 22.7 Å². The van der Waals surface area contributed by atoms with E-state index in [4.69, 9.17) is 4.74 Å². The van der Waals surface area contributed by atoms with Crippen LogP contribution < -0.4 is 5.32 Å². The van der Waals surface area contributed by atoms with Crippen LogP contribution >= 0.6 is 11.3 Å². The molecule has 168 valence electrons. The Bertz CT molecular complexity index is 1040. The molecule has 31 heavy (non-hydrogen) atoms. The molecular weight excluding hydrogens is 438 g/mol. The fraction of sp³-hybridized carbons (Fsp3) is 0.429. The summed E-state index contributed by atoms with van der Waals surface area (Å²) >= 11 is 1.36. The Labute approximate surface area is 186 Å². The zero-order chi connectivity index (χ0) is 22.6. The minimum atomic E-state index is -3.54. The molecule has 1 N–H and O–H groups in total. The summed E-state index contributed by atoms with van der Waals surface area (Å²) in [5, 5.41) is 3.29. The number of anilines is 1. The lowest BCUT2D eigenvalue weighted by molar-refractivity contribution is -0.117. The van der Waals surface area contributed by atoms with E-state index in [0.29, 0.717) is 36.7 Å². The van der Waals surface area contributed by atoms with Crippen LogP contribution in [0.3, 0.4) is 0 Å². The quantitative estimate of drug-likeness (QED) is 0.631. The summed E-state index contributed by atoms with van der Waals surface area (Å²) in [5.41, 5.74) is 1.36. The van der Waals surface area contributed by atoms with E-state index in [1.54, 1.807) is 30.3 Å². The predicted octanol–water partition coefficient (Wildman–Crippen LogP) is 2.35. The van der Waals surface area contributed by atoms with Crippen LogP contribution in [-0.4, -0.2) is 69.3 Å². The van der Waals surface area contributed by atoms with Crippen LogP contribution in [0.2, 0.25) is 0 Å². The smallest absolute Gasteiger partial charge is 0.340 e. The van der Waals surface area contributed by atoms with Gasteiger partial charge in [0.15, 0.2) is 0 Å². The van der Waals surface area contributed by atoms with Crippen LogP contribution in [0.5, 0.6) is 0 Å². The van der Waals surface area contributed by atoms with Crippen molar-refractivity contribution in [2.75, 3.05) is 45.2 Å². The van der Waals surface area contributed by atoms with Gasteiger partial charge in [0.1, 0.15) is 5.00 Å². The molecule has 0 unspecified atom stereocenters. The van der Waals surface area contributed by atoms with Gasteiger partial charge in [0.2, 0.25) is 15.9 Å². The minimum absolute atomic E-state index is 0.123. The second-order valence-corrected chi connectivity index (χ2v) is 10.4. The molecule has 1 amide bonds. The van der Waals surface area contributed by atoms with Crippen LogP contribution in [0.15, 0.2) is 35.2 Å². The van der Waals surface area contributed by atoms with Crippen molar-refractivity contribution in [3.05, 3.63) is 46.3 Å². The molecule has 8 nitrogen and oxygen atoms in total. The van der Waals surface area contributed by atoms with Gasteiger partial charge in [-0.3, -0.25) is 9.69 Å². The van der Waals surface area contributed by atoms with E-state index >= 15 is 0 Å². The van der Waals surface area contributed by atoms with Crippen LogP contribution in [0.1, 0.15) is 27.7 Å². The summed E-state index contributed by atoms with van der Waals surface area (Å²) in [4.78, 5) is 27.7. The number of nitrogens with one attached hydrogen (secondary N) is 1. The van der Waals surface area contributed by atoms with E-state index in [1.807, 2.05) is 18.7 Å². The molecule has 2 heterocycles. The third-order valence-corrected chi connectivity index (χ3v) is 8.25. The van der Waals surface area contributed by atoms with E-state index in [9.17, 15) is 18.0 Å². The summed E-state index contributed by atoms with van der Waals surface area (Å²) < 4.78 is 31.9. The number of carbonyl (C=O) groups excluding carboxylic acids is 2. The molecule has 1 aromatic heterocycles. The molecule has 1 aromatic carbocycles. The summed E-state index contributed by atoms with van der Waals surface area (Å²) in [6, 6.07) is 8.54. The van der Waals surface area contributed by atoms with Crippen LogP contribution in [0, 0.1) is 6.92 Å². The van der Waals surface area contributed by atoms with E-state index in [-0.39, 0.29) is 17.3 Å². The van der Waals surface area contributed by atoms with Gasteiger partial charge in [-0.1, -0.05) is 24.6 Å². The van der Waals surface area contributed by atoms with Gasteiger partial charge in [0.05, 0.1) is 24.1 Å². The zero-order valence-electron chi connectivity index (χ0n) is 17.9. The fourth-order valence-corrected chi connectivity index (χ4v) is 5.75. The second-order valence-electron chi connectivity index (χ2n) is 7.34. The Morgan fingerprint density at radius 3 is 2.35 bits per heavy atom. The number of rotatable bonds is 7. The van der Waals surface area contributed by atoms with Gasteiger partial charge in [-0.05, 0) is 31.5 Å². The van der Waals surface area contributed by atoms with Crippen molar-refractivity contribution >= 4 is 38.2 Å². The van der Waals surface area contributed by atoms with Gasteiger partial charge < -0.3 is 10.1 Å². The number of benzene rings is 1. The van der Waals surface area contributed by atoms with Crippen molar-refractivity contribution in [1.82, 2.24) is 9.21 Å². The highest BCUT2D eigenvalue weighted by atomic mass is 32.2. The average molecular weight is 466 g/mol.